The van der Waals surface area contributed by atoms with Crippen molar-refractivity contribution in [1.82, 2.24) is 0 Å². The molecule has 94 valence electrons. The summed E-state index contributed by atoms with van der Waals surface area (Å²) in [6.45, 7) is 0. The lowest BCUT2D eigenvalue weighted by atomic mass is 9.97. The normalized spacial score (nSPS) is 18.3. The van der Waals surface area contributed by atoms with Gasteiger partial charge in [-0.05, 0) is 18.2 Å². The second kappa shape index (κ2) is 4.36. The molecule has 0 amide bonds. The number of Topliss-reactive ketones (excluding diaryl/α,β-unsaturated/α-hetero) is 3. The fourth-order valence-electron chi connectivity index (χ4n) is 1.91. The Hall–Kier alpha value is -1.98. The molecule has 1 unspecified atom stereocenters. The van der Waals surface area contributed by atoms with Crippen LogP contribution in [0.3, 0.4) is 0 Å². The standard InChI is InChI=1S/C12H7F3O3/c13-5-1-2-6-7(3-5)11(18)8(10(6)17)4-9(16)12(14)15/h1-3,8,12H,4H2. The minimum atomic E-state index is -3.22. The summed E-state index contributed by atoms with van der Waals surface area (Å²) in [5.41, 5.74) is -0.166. The number of benzene rings is 1. The average Bonchev–Trinajstić information content (AvgIpc) is 2.54. The first-order chi connectivity index (χ1) is 8.41. The summed E-state index contributed by atoms with van der Waals surface area (Å²) >= 11 is 0. The molecule has 1 aromatic rings. The molecule has 0 aliphatic heterocycles. The monoisotopic (exact) mass is 256 g/mol. The van der Waals surface area contributed by atoms with Crippen molar-refractivity contribution in [3.8, 4) is 0 Å². The number of rotatable bonds is 3. The molecular formula is C12H7F3O3. The Balaban J connectivity index is 2.31. The van der Waals surface area contributed by atoms with E-state index in [0.717, 1.165) is 18.2 Å². The van der Waals surface area contributed by atoms with Crippen molar-refractivity contribution >= 4 is 17.3 Å². The molecule has 18 heavy (non-hydrogen) atoms. The summed E-state index contributed by atoms with van der Waals surface area (Å²) in [5, 5.41) is 0. The van der Waals surface area contributed by atoms with Crippen molar-refractivity contribution in [2.24, 2.45) is 5.92 Å². The first-order valence-electron chi connectivity index (χ1n) is 5.10. The molecule has 6 heteroatoms. The van der Waals surface area contributed by atoms with Crippen LogP contribution in [0, 0.1) is 11.7 Å². The quantitative estimate of drug-likeness (QED) is 0.777. The highest BCUT2D eigenvalue weighted by atomic mass is 19.3. The smallest absolute Gasteiger partial charge is 0.293 e. The predicted molar refractivity (Wildman–Crippen MR) is 54.2 cm³/mol. The second-order valence-electron chi connectivity index (χ2n) is 3.94. The fourth-order valence-corrected chi connectivity index (χ4v) is 1.91. The number of hydrogen-bond acceptors (Lipinski definition) is 3. The molecule has 0 fully saturated rings. The summed E-state index contributed by atoms with van der Waals surface area (Å²) in [5.74, 6) is -5.08. The van der Waals surface area contributed by atoms with Crippen LogP contribution in [0.1, 0.15) is 27.1 Å². The van der Waals surface area contributed by atoms with E-state index < -0.39 is 41.9 Å². The van der Waals surface area contributed by atoms with E-state index in [0.29, 0.717) is 0 Å². The van der Waals surface area contributed by atoms with Crippen molar-refractivity contribution in [1.29, 1.82) is 0 Å². The minimum Gasteiger partial charge on any atom is -0.293 e. The first kappa shape index (κ1) is 12.5. The maximum Gasteiger partial charge on any atom is 0.296 e. The molecule has 0 radical (unpaired) electrons. The molecule has 0 saturated carbocycles. The molecule has 0 aromatic heterocycles. The van der Waals surface area contributed by atoms with Gasteiger partial charge >= 0.3 is 0 Å². The van der Waals surface area contributed by atoms with Crippen molar-refractivity contribution in [3.63, 3.8) is 0 Å². The summed E-state index contributed by atoms with van der Waals surface area (Å²) in [4.78, 5) is 34.3. The molecule has 0 heterocycles. The van der Waals surface area contributed by atoms with Crippen LogP contribution >= 0.6 is 0 Å². The number of ketones is 3. The first-order valence-corrected chi connectivity index (χ1v) is 5.10. The molecule has 1 aromatic carbocycles. The Morgan fingerprint density at radius 1 is 1.17 bits per heavy atom. The van der Waals surface area contributed by atoms with Crippen LogP contribution in [0.25, 0.3) is 0 Å². The van der Waals surface area contributed by atoms with Gasteiger partial charge in [0.25, 0.3) is 6.43 Å². The Morgan fingerprint density at radius 3 is 2.39 bits per heavy atom. The highest BCUT2D eigenvalue weighted by Crippen LogP contribution is 2.30. The summed E-state index contributed by atoms with van der Waals surface area (Å²) < 4.78 is 37.1. The van der Waals surface area contributed by atoms with E-state index in [1.165, 1.54) is 0 Å². The van der Waals surface area contributed by atoms with Gasteiger partial charge in [-0.2, -0.15) is 0 Å². The van der Waals surface area contributed by atoms with Gasteiger partial charge in [0.05, 0.1) is 5.92 Å². The van der Waals surface area contributed by atoms with Crippen LogP contribution in [0.2, 0.25) is 0 Å². The van der Waals surface area contributed by atoms with Crippen molar-refractivity contribution < 1.29 is 27.6 Å². The van der Waals surface area contributed by atoms with E-state index in [9.17, 15) is 27.6 Å². The van der Waals surface area contributed by atoms with Crippen LogP contribution in [0.5, 0.6) is 0 Å². The number of alkyl halides is 2. The maximum absolute atomic E-state index is 12.9. The zero-order valence-corrected chi connectivity index (χ0v) is 8.95. The molecule has 2 rings (SSSR count). The van der Waals surface area contributed by atoms with Crippen molar-refractivity contribution in [3.05, 3.63) is 35.1 Å². The summed E-state index contributed by atoms with van der Waals surface area (Å²) in [6.07, 6.45) is -4.06. The Kier molecular flexibility index (Phi) is 3.02. The molecule has 1 aliphatic carbocycles. The lowest BCUT2D eigenvalue weighted by Crippen LogP contribution is -2.22. The largest absolute Gasteiger partial charge is 0.296 e. The third-order valence-corrected chi connectivity index (χ3v) is 2.79. The van der Waals surface area contributed by atoms with E-state index in [4.69, 9.17) is 0 Å². The second-order valence-corrected chi connectivity index (χ2v) is 3.94. The van der Waals surface area contributed by atoms with Gasteiger partial charge < -0.3 is 0 Å². The highest BCUT2D eigenvalue weighted by Gasteiger charge is 2.40. The van der Waals surface area contributed by atoms with E-state index in [1.807, 2.05) is 0 Å². The number of carbonyl (C=O) groups is 3. The van der Waals surface area contributed by atoms with Gasteiger partial charge in [-0.15, -0.1) is 0 Å². The van der Waals surface area contributed by atoms with Gasteiger partial charge in [-0.25, -0.2) is 13.2 Å². The van der Waals surface area contributed by atoms with Crippen LogP contribution in [0.15, 0.2) is 18.2 Å². The fraction of sp³-hybridized carbons (Fsp3) is 0.250. The van der Waals surface area contributed by atoms with Crippen molar-refractivity contribution in [2.45, 2.75) is 12.8 Å². The zero-order valence-electron chi connectivity index (χ0n) is 8.95. The number of hydrogen-bond donors (Lipinski definition) is 0. The van der Waals surface area contributed by atoms with Crippen LogP contribution in [-0.4, -0.2) is 23.8 Å². The lowest BCUT2D eigenvalue weighted by Gasteiger charge is -2.04. The molecular weight excluding hydrogens is 249 g/mol. The number of fused-ring (bicyclic) bond motifs is 1. The van der Waals surface area contributed by atoms with E-state index in [2.05, 4.69) is 0 Å². The topological polar surface area (TPSA) is 51.2 Å². The molecule has 0 spiro atoms. The number of halogens is 3. The van der Waals surface area contributed by atoms with Crippen LogP contribution in [0.4, 0.5) is 13.2 Å². The van der Waals surface area contributed by atoms with Gasteiger partial charge in [-0.3, -0.25) is 14.4 Å². The molecule has 0 N–H and O–H groups in total. The summed E-state index contributed by atoms with van der Waals surface area (Å²) in [6, 6.07) is 3.00. The van der Waals surface area contributed by atoms with Crippen LogP contribution < -0.4 is 0 Å². The van der Waals surface area contributed by atoms with Gasteiger partial charge in [0.1, 0.15) is 5.82 Å². The van der Waals surface area contributed by atoms with Gasteiger partial charge in [0.15, 0.2) is 17.3 Å². The third kappa shape index (κ3) is 1.94. The van der Waals surface area contributed by atoms with Gasteiger partial charge in [-0.1, -0.05) is 0 Å². The Labute approximate surface area is 99.6 Å². The van der Waals surface area contributed by atoms with E-state index in [1.54, 1.807) is 0 Å². The molecule has 0 bridgehead atoms. The molecule has 3 nitrogen and oxygen atoms in total. The predicted octanol–water partition coefficient (Wildman–Crippen LogP) is 2.05. The van der Waals surface area contributed by atoms with E-state index in [-0.39, 0.29) is 11.1 Å². The van der Waals surface area contributed by atoms with Gasteiger partial charge in [0, 0.05) is 17.5 Å². The Bertz CT molecular complexity index is 551. The highest BCUT2D eigenvalue weighted by molar-refractivity contribution is 6.27. The lowest BCUT2D eigenvalue weighted by molar-refractivity contribution is -0.129. The maximum atomic E-state index is 12.9. The van der Waals surface area contributed by atoms with Crippen LogP contribution in [-0.2, 0) is 4.79 Å². The van der Waals surface area contributed by atoms with Gasteiger partial charge in [0.2, 0.25) is 0 Å². The third-order valence-electron chi connectivity index (χ3n) is 2.79. The summed E-state index contributed by atoms with van der Waals surface area (Å²) in [7, 11) is 0. The molecule has 0 saturated heterocycles. The molecule has 1 aliphatic rings. The zero-order chi connectivity index (χ0) is 13.4. The minimum absolute atomic E-state index is 0.0199. The average molecular weight is 256 g/mol. The molecule has 1 atom stereocenters. The number of carbonyl (C=O) groups excluding carboxylic acids is 3. The van der Waals surface area contributed by atoms with E-state index >= 15 is 0 Å². The SMILES string of the molecule is O=C(CC1C(=O)c2ccc(F)cc2C1=O)C(F)F. The van der Waals surface area contributed by atoms with Crippen molar-refractivity contribution in [2.75, 3.05) is 0 Å². The Morgan fingerprint density at radius 2 is 1.78 bits per heavy atom.